The first-order chi connectivity index (χ1) is 12.2. The van der Waals surface area contributed by atoms with Crippen LogP contribution in [0.3, 0.4) is 0 Å². The van der Waals surface area contributed by atoms with E-state index < -0.39 is 10.0 Å². The van der Waals surface area contributed by atoms with Gasteiger partial charge in [0.1, 0.15) is 0 Å². The molecule has 0 radical (unpaired) electrons. The molecule has 0 aliphatic carbocycles. The van der Waals surface area contributed by atoms with Gasteiger partial charge in [-0.1, -0.05) is 12.1 Å². The number of thioether (sulfide) groups is 1. The summed E-state index contributed by atoms with van der Waals surface area (Å²) in [4.78, 5) is 4.44. The van der Waals surface area contributed by atoms with Crippen molar-refractivity contribution in [2.45, 2.75) is 30.0 Å². The number of hydrogen-bond donors (Lipinski definition) is 3. The molecular formula is C17H30N4O3S2. The van der Waals surface area contributed by atoms with Crippen molar-refractivity contribution >= 4 is 27.7 Å². The van der Waals surface area contributed by atoms with E-state index in [-0.39, 0.29) is 16.2 Å². The van der Waals surface area contributed by atoms with Crippen LogP contribution in [-0.2, 0) is 21.3 Å². The third-order valence-electron chi connectivity index (χ3n) is 3.72. The van der Waals surface area contributed by atoms with Gasteiger partial charge < -0.3 is 15.4 Å². The number of guanidine groups is 1. The highest BCUT2D eigenvalue weighted by atomic mass is 32.2. The number of hydrogen-bond acceptors (Lipinski definition) is 5. The van der Waals surface area contributed by atoms with Crippen LogP contribution < -0.4 is 15.4 Å². The molecule has 0 atom stereocenters. The Bertz CT molecular complexity index is 691. The van der Waals surface area contributed by atoms with Crippen LogP contribution in [-0.4, -0.2) is 59.2 Å². The molecule has 7 nitrogen and oxygen atoms in total. The third kappa shape index (κ3) is 7.94. The maximum atomic E-state index is 12.3. The average Bonchev–Trinajstić information content (AvgIpc) is 2.62. The monoisotopic (exact) mass is 402 g/mol. The molecule has 0 saturated heterocycles. The minimum atomic E-state index is -3.54. The summed E-state index contributed by atoms with van der Waals surface area (Å²) in [5.74, 6) is 0.679. The quantitative estimate of drug-likeness (QED) is 0.311. The summed E-state index contributed by atoms with van der Waals surface area (Å²) in [6.07, 6.45) is 2.07. The molecule has 0 heterocycles. The van der Waals surface area contributed by atoms with Gasteiger partial charge in [0.05, 0.1) is 11.5 Å². The molecule has 0 aliphatic rings. The van der Waals surface area contributed by atoms with E-state index in [9.17, 15) is 8.42 Å². The summed E-state index contributed by atoms with van der Waals surface area (Å²) in [5.41, 5.74) is 0.853. The molecule has 0 aliphatic heterocycles. The van der Waals surface area contributed by atoms with Crippen molar-refractivity contribution in [2.24, 2.45) is 4.99 Å². The van der Waals surface area contributed by atoms with Gasteiger partial charge in [0.25, 0.3) is 0 Å². The number of nitrogens with zero attached hydrogens (tertiary/aromatic N) is 1. The molecular weight excluding hydrogens is 372 g/mol. The van der Waals surface area contributed by atoms with Crippen molar-refractivity contribution in [3.8, 4) is 0 Å². The third-order valence-corrected chi connectivity index (χ3v) is 6.43. The van der Waals surface area contributed by atoms with Crippen LogP contribution >= 0.6 is 11.8 Å². The lowest BCUT2D eigenvalue weighted by atomic mass is 10.2. The van der Waals surface area contributed by atoms with Crippen LogP contribution in [0, 0.1) is 0 Å². The van der Waals surface area contributed by atoms with Gasteiger partial charge in [-0.25, -0.2) is 13.1 Å². The van der Waals surface area contributed by atoms with Crippen LogP contribution in [0.15, 0.2) is 34.2 Å². The summed E-state index contributed by atoms with van der Waals surface area (Å²) < 4.78 is 32.0. The average molecular weight is 403 g/mol. The second-order valence-corrected chi connectivity index (χ2v) is 9.56. The molecule has 9 heteroatoms. The van der Waals surface area contributed by atoms with E-state index in [1.165, 1.54) is 7.11 Å². The Labute approximate surface area is 161 Å². The summed E-state index contributed by atoms with van der Waals surface area (Å²) in [5, 5.41) is 6.49. The number of nitrogens with one attached hydrogen (secondary N) is 3. The number of benzene rings is 1. The van der Waals surface area contributed by atoms with Crippen molar-refractivity contribution in [2.75, 3.05) is 40.1 Å². The van der Waals surface area contributed by atoms with Gasteiger partial charge in [-0.3, -0.25) is 4.99 Å². The Morgan fingerprint density at radius 2 is 2.04 bits per heavy atom. The van der Waals surface area contributed by atoms with Gasteiger partial charge in [0.2, 0.25) is 10.0 Å². The van der Waals surface area contributed by atoms with Gasteiger partial charge in [0, 0.05) is 38.5 Å². The van der Waals surface area contributed by atoms with E-state index >= 15 is 0 Å². The molecule has 148 valence electrons. The first kappa shape index (κ1) is 22.8. The maximum absolute atomic E-state index is 12.3. The minimum absolute atomic E-state index is 0.0967. The van der Waals surface area contributed by atoms with Gasteiger partial charge in [-0.05, 0) is 37.8 Å². The fourth-order valence-corrected chi connectivity index (χ4v) is 3.26. The molecule has 1 aromatic carbocycles. The largest absolute Gasteiger partial charge is 0.383 e. The van der Waals surface area contributed by atoms with Gasteiger partial charge >= 0.3 is 0 Å². The molecule has 0 spiro atoms. The van der Waals surface area contributed by atoms with Gasteiger partial charge in [-0.2, -0.15) is 11.8 Å². The Morgan fingerprint density at radius 1 is 1.31 bits per heavy atom. The van der Waals surface area contributed by atoms with E-state index in [2.05, 4.69) is 40.5 Å². The van der Waals surface area contributed by atoms with Crippen molar-refractivity contribution < 1.29 is 13.2 Å². The molecule has 0 saturated carbocycles. The number of ether oxygens (including phenoxy) is 1. The van der Waals surface area contributed by atoms with Crippen molar-refractivity contribution in [3.63, 3.8) is 0 Å². The number of aliphatic imine (C=N–C) groups is 1. The Balaban J connectivity index is 2.68. The maximum Gasteiger partial charge on any atom is 0.240 e. The highest BCUT2D eigenvalue weighted by molar-refractivity contribution is 7.99. The number of rotatable bonds is 10. The molecule has 26 heavy (non-hydrogen) atoms. The first-order valence-electron chi connectivity index (χ1n) is 8.31. The van der Waals surface area contributed by atoms with Crippen molar-refractivity contribution in [3.05, 3.63) is 29.8 Å². The SMILES string of the molecule is CN=C(NCc1cccc(S(=O)(=O)NCCOC)c1)NCC(C)(C)SC. The zero-order valence-corrected chi connectivity index (χ0v) is 17.8. The zero-order valence-electron chi connectivity index (χ0n) is 16.1. The molecule has 0 bridgehead atoms. The number of sulfonamides is 1. The first-order valence-corrected chi connectivity index (χ1v) is 11.0. The molecule has 0 aromatic heterocycles. The standard InChI is InChI=1S/C17H30N4O3S2/c1-17(2,25-5)13-20-16(18-3)19-12-14-7-6-8-15(11-14)26(22,23)21-9-10-24-4/h6-8,11,21H,9-10,12-13H2,1-5H3,(H2,18,19,20). The summed E-state index contributed by atoms with van der Waals surface area (Å²) in [6, 6.07) is 6.84. The number of methoxy groups -OCH3 is 1. The van der Waals surface area contributed by atoms with Crippen LogP contribution in [0.25, 0.3) is 0 Å². The lowest BCUT2D eigenvalue weighted by Gasteiger charge is -2.23. The fourth-order valence-electron chi connectivity index (χ4n) is 1.96. The summed E-state index contributed by atoms with van der Waals surface area (Å²) in [6.45, 7) is 6.12. The topological polar surface area (TPSA) is 91.8 Å². The molecule has 0 unspecified atom stereocenters. The highest BCUT2D eigenvalue weighted by Crippen LogP contribution is 2.19. The van der Waals surface area contributed by atoms with Crippen LogP contribution in [0.1, 0.15) is 19.4 Å². The Hall–Kier alpha value is -1.29. The second kappa shape index (κ2) is 10.8. The molecule has 3 N–H and O–H groups in total. The molecule has 1 rings (SSSR count). The van der Waals surface area contributed by atoms with E-state index in [1.807, 2.05) is 6.07 Å². The van der Waals surface area contributed by atoms with E-state index in [0.717, 1.165) is 12.1 Å². The fraction of sp³-hybridized carbons (Fsp3) is 0.588. The molecule has 0 amide bonds. The van der Waals surface area contributed by atoms with Crippen molar-refractivity contribution in [1.82, 2.24) is 15.4 Å². The van der Waals surface area contributed by atoms with Crippen molar-refractivity contribution in [1.29, 1.82) is 0 Å². The minimum Gasteiger partial charge on any atom is -0.383 e. The zero-order chi connectivity index (χ0) is 19.6. The van der Waals surface area contributed by atoms with Crippen LogP contribution in [0.5, 0.6) is 0 Å². The summed E-state index contributed by atoms with van der Waals surface area (Å²) in [7, 11) is -0.299. The van der Waals surface area contributed by atoms with E-state index in [4.69, 9.17) is 4.74 Å². The predicted molar refractivity (Wildman–Crippen MR) is 109 cm³/mol. The molecule has 0 fully saturated rings. The Kier molecular flexibility index (Phi) is 9.42. The van der Waals surface area contributed by atoms with Gasteiger partial charge in [-0.15, -0.1) is 0 Å². The van der Waals surface area contributed by atoms with E-state index in [0.29, 0.717) is 19.1 Å². The highest BCUT2D eigenvalue weighted by Gasteiger charge is 2.16. The van der Waals surface area contributed by atoms with E-state index in [1.54, 1.807) is 37.0 Å². The Morgan fingerprint density at radius 3 is 2.65 bits per heavy atom. The van der Waals surface area contributed by atoms with Crippen LogP contribution in [0.4, 0.5) is 0 Å². The van der Waals surface area contributed by atoms with Gasteiger partial charge in [0.15, 0.2) is 5.96 Å². The lowest BCUT2D eigenvalue weighted by Crippen LogP contribution is -2.43. The lowest BCUT2D eigenvalue weighted by molar-refractivity contribution is 0.204. The smallest absolute Gasteiger partial charge is 0.240 e. The normalized spacial score (nSPS) is 12.9. The predicted octanol–water partition coefficient (Wildman–Crippen LogP) is 1.42. The van der Waals surface area contributed by atoms with Crippen LogP contribution in [0.2, 0.25) is 0 Å². The molecule has 1 aromatic rings. The second-order valence-electron chi connectivity index (χ2n) is 6.28. The summed E-state index contributed by atoms with van der Waals surface area (Å²) >= 11 is 1.78.